The van der Waals surface area contributed by atoms with Crippen molar-refractivity contribution >= 4 is 29.0 Å². The third-order valence-corrected chi connectivity index (χ3v) is 2.71. The van der Waals surface area contributed by atoms with E-state index in [4.69, 9.17) is 23.2 Å². The van der Waals surface area contributed by atoms with Crippen LogP contribution < -0.4 is 5.32 Å². The van der Waals surface area contributed by atoms with Crippen LogP contribution >= 0.6 is 23.2 Å². The molecular formula is C12H17Cl2N3. The molecule has 0 atom stereocenters. The summed E-state index contributed by atoms with van der Waals surface area (Å²) in [5.41, 5.74) is 0.670. The molecule has 0 unspecified atom stereocenters. The Bertz CT molecular complexity index is 436. The highest BCUT2D eigenvalue weighted by molar-refractivity contribution is 6.30. The topological polar surface area (TPSA) is 37.8 Å². The van der Waals surface area contributed by atoms with Gasteiger partial charge in [0.25, 0.3) is 0 Å². The van der Waals surface area contributed by atoms with Crippen LogP contribution in [0.1, 0.15) is 32.2 Å². The number of hydrogen-bond donors (Lipinski definition) is 1. The molecule has 1 N–H and O–H groups in total. The molecule has 0 aromatic carbocycles. The molecular weight excluding hydrogens is 257 g/mol. The standard InChI is InChI=1S/C12H17Cl2N3/c1-7(13)6-15-10-8(2)9(14)16-11(17-10)12(3,4)5/h1,6H2,2-5H3,(H,15,16,17). The molecule has 0 saturated heterocycles. The highest BCUT2D eigenvalue weighted by atomic mass is 35.5. The average Bonchev–Trinajstić information content (AvgIpc) is 2.18. The molecule has 1 aromatic rings. The fraction of sp³-hybridized carbons (Fsp3) is 0.500. The number of rotatable bonds is 3. The summed E-state index contributed by atoms with van der Waals surface area (Å²) in [6.45, 7) is 12.1. The van der Waals surface area contributed by atoms with Gasteiger partial charge in [-0.15, -0.1) is 0 Å². The fourth-order valence-electron chi connectivity index (χ4n) is 1.18. The van der Waals surface area contributed by atoms with Gasteiger partial charge in [-0.1, -0.05) is 50.6 Å². The first-order chi connectivity index (χ1) is 7.71. The smallest absolute Gasteiger partial charge is 0.137 e. The minimum Gasteiger partial charge on any atom is -0.365 e. The van der Waals surface area contributed by atoms with E-state index in [0.717, 1.165) is 5.56 Å². The first-order valence-electron chi connectivity index (χ1n) is 5.33. The van der Waals surface area contributed by atoms with Crippen molar-refractivity contribution in [2.75, 3.05) is 11.9 Å². The number of aromatic nitrogens is 2. The first kappa shape index (κ1) is 14.3. The van der Waals surface area contributed by atoms with Crippen LogP contribution in [0.15, 0.2) is 11.6 Å². The van der Waals surface area contributed by atoms with Gasteiger partial charge in [-0.2, -0.15) is 0 Å². The van der Waals surface area contributed by atoms with Crippen molar-refractivity contribution in [3.63, 3.8) is 0 Å². The number of hydrogen-bond acceptors (Lipinski definition) is 3. The van der Waals surface area contributed by atoms with Gasteiger partial charge in [0.05, 0.1) is 6.54 Å². The zero-order valence-electron chi connectivity index (χ0n) is 10.6. The first-order valence-corrected chi connectivity index (χ1v) is 6.09. The zero-order valence-corrected chi connectivity index (χ0v) is 12.1. The van der Waals surface area contributed by atoms with Crippen LogP contribution in [0.3, 0.4) is 0 Å². The Hall–Kier alpha value is -0.800. The SMILES string of the molecule is C=C(Cl)CNc1nc(C(C)(C)C)nc(Cl)c1C. The van der Waals surface area contributed by atoms with Crippen molar-refractivity contribution < 1.29 is 0 Å². The summed E-state index contributed by atoms with van der Waals surface area (Å²) >= 11 is 11.8. The largest absolute Gasteiger partial charge is 0.365 e. The van der Waals surface area contributed by atoms with E-state index in [0.29, 0.717) is 28.4 Å². The highest BCUT2D eigenvalue weighted by Gasteiger charge is 2.20. The maximum absolute atomic E-state index is 6.09. The molecule has 1 aromatic heterocycles. The summed E-state index contributed by atoms with van der Waals surface area (Å²) in [6, 6.07) is 0. The average molecular weight is 274 g/mol. The second-order valence-corrected chi connectivity index (χ2v) is 5.82. The molecule has 0 radical (unpaired) electrons. The summed E-state index contributed by atoms with van der Waals surface area (Å²) < 4.78 is 0. The van der Waals surface area contributed by atoms with Gasteiger partial charge in [-0.3, -0.25) is 0 Å². The lowest BCUT2D eigenvalue weighted by atomic mass is 9.95. The number of nitrogens with zero attached hydrogens (tertiary/aromatic N) is 2. The van der Waals surface area contributed by atoms with Crippen molar-refractivity contribution in [3.8, 4) is 0 Å². The molecule has 5 heteroatoms. The summed E-state index contributed by atoms with van der Waals surface area (Å²) in [6.07, 6.45) is 0. The molecule has 0 saturated carbocycles. The van der Waals surface area contributed by atoms with Crippen LogP contribution in [0.5, 0.6) is 0 Å². The molecule has 0 bridgehead atoms. The van der Waals surface area contributed by atoms with Gasteiger partial charge in [0.2, 0.25) is 0 Å². The molecule has 0 fully saturated rings. The van der Waals surface area contributed by atoms with Gasteiger partial charge < -0.3 is 5.32 Å². The summed E-state index contributed by atoms with van der Waals surface area (Å²) in [7, 11) is 0. The summed E-state index contributed by atoms with van der Waals surface area (Å²) in [5, 5.41) is 4.09. The van der Waals surface area contributed by atoms with Crippen molar-refractivity contribution in [2.45, 2.75) is 33.1 Å². The molecule has 0 amide bonds. The van der Waals surface area contributed by atoms with Crippen molar-refractivity contribution in [3.05, 3.63) is 28.2 Å². The van der Waals surface area contributed by atoms with Gasteiger partial charge in [0.15, 0.2) is 0 Å². The van der Waals surface area contributed by atoms with Crippen LogP contribution in [-0.2, 0) is 5.41 Å². The normalized spacial score (nSPS) is 11.4. The number of nitrogens with one attached hydrogen (secondary N) is 1. The van der Waals surface area contributed by atoms with E-state index in [-0.39, 0.29) is 5.41 Å². The van der Waals surface area contributed by atoms with Crippen LogP contribution in [0.25, 0.3) is 0 Å². The zero-order chi connectivity index (χ0) is 13.2. The van der Waals surface area contributed by atoms with Crippen LogP contribution in [0.2, 0.25) is 5.15 Å². The molecule has 0 aliphatic rings. The van der Waals surface area contributed by atoms with Gasteiger partial charge >= 0.3 is 0 Å². The van der Waals surface area contributed by atoms with Gasteiger partial charge in [0, 0.05) is 16.0 Å². The Kier molecular flexibility index (Phi) is 4.39. The minimum atomic E-state index is -0.147. The molecule has 1 rings (SSSR count). The maximum atomic E-state index is 6.09. The Morgan fingerprint density at radius 1 is 1.35 bits per heavy atom. The Morgan fingerprint density at radius 3 is 2.41 bits per heavy atom. The van der Waals surface area contributed by atoms with Crippen LogP contribution in [-0.4, -0.2) is 16.5 Å². The van der Waals surface area contributed by atoms with E-state index < -0.39 is 0 Å². The van der Waals surface area contributed by atoms with E-state index in [1.807, 2.05) is 27.7 Å². The molecule has 1 heterocycles. The quantitative estimate of drug-likeness (QED) is 0.849. The highest BCUT2D eigenvalue weighted by Crippen LogP contribution is 2.26. The number of halogens is 2. The summed E-state index contributed by atoms with van der Waals surface area (Å²) in [4.78, 5) is 8.76. The fourth-order valence-corrected chi connectivity index (χ4v) is 1.41. The van der Waals surface area contributed by atoms with Crippen molar-refractivity contribution in [2.24, 2.45) is 0 Å². The number of anilines is 1. The minimum absolute atomic E-state index is 0.147. The predicted octanol–water partition coefficient (Wildman–Crippen LogP) is 3.90. The Morgan fingerprint density at radius 2 is 1.94 bits per heavy atom. The predicted molar refractivity (Wildman–Crippen MR) is 74.0 cm³/mol. The Labute approximate surface area is 112 Å². The molecule has 0 spiro atoms. The second kappa shape index (κ2) is 5.23. The Balaban J connectivity index is 3.11. The molecule has 0 aliphatic carbocycles. The lowest BCUT2D eigenvalue weighted by Crippen LogP contribution is -2.18. The molecule has 0 aliphatic heterocycles. The van der Waals surface area contributed by atoms with E-state index in [1.54, 1.807) is 0 Å². The van der Waals surface area contributed by atoms with Crippen molar-refractivity contribution in [1.29, 1.82) is 0 Å². The lowest BCUT2D eigenvalue weighted by Gasteiger charge is -2.19. The van der Waals surface area contributed by atoms with Gasteiger partial charge in [-0.05, 0) is 6.92 Å². The maximum Gasteiger partial charge on any atom is 0.137 e. The van der Waals surface area contributed by atoms with E-state index in [1.165, 1.54) is 0 Å². The third kappa shape index (κ3) is 3.86. The van der Waals surface area contributed by atoms with Gasteiger partial charge in [-0.25, -0.2) is 9.97 Å². The van der Waals surface area contributed by atoms with Crippen LogP contribution in [0, 0.1) is 6.92 Å². The molecule has 94 valence electrons. The second-order valence-electron chi connectivity index (χ2n) is 4.93. The van der Waals surface area contributed by atoms with E-state index in [2.05, 4.69) is 21.9 Å². The molecule has 3 nitrogen and oxygen atoms in total. The van der Waals surface area contributed by atoms with Crippen molar-refractivity contribution in [1.82, 2.24) is 9.97 Å². The molecule has 17 heavy (non-hydrogen) atoms. The lowest BCUT2D eigenvalue weighted by molar-refractivity contribution is 0.545. The third-order valence-electron chi connectivity index (χ3n) is 2.20. The van der Waals surface area contributed by atoms with E-state index in [9.17, 15) is 0 Å². The van der Waals surface area contributed by atoms with Gasteiger partial charge in [0.1, 0.15) is 16.8 Å². The summed E-state index contributed by atoms with van der Waals surface area (Å²) in [5.74, 6) is 1.41. The van der Waals surface area contributed by atoms with E-state index >= 15 is 0 Å². The monoisotopic (exact) mass is 273 g/mol. The van der Waals surface area contributed by atoms with Crippen LogP contribution in [0.4, 0.5) is 5.82 Å².